The van der Waals surface area contributed by atoms with Gasteiger partial charge in [-0.05, 0) is 24.6 Å². The number of aromatic nitrogens is 1. The van der Waals surface area contributed by atoms with Crippen molar-refractivity contribution in [3.05, 3.63) is 23.8 Å². The summed E-state index contributed by atoms with van der Waals surface area (Å²) in [6, 6.07) is 5.99. The first-order valence-electron chi connectivity index (χ1n) is 5.06. The van der Waals surface area contributed by atoms with Crippen LogP contribution in [0.1, 0.15) is 5.56 Å². The van der Waals surface area contributed by atoms with Gasteiger partial charge in [-0.1, -0.05) is 29.2 Å². The molecule has 1 aromatic carbocycles. The largest absolute Gasteiger partial charge is 0.278 e. The van der Waals surface area contributed by atoms with Crippen LogP contribution in [0.15, 0.2) is 18.2 Å². The van der Waals surface area contributed by atoms with E-state index in [-0.39, 0.29) is 11.1 Å². The van der Waals surface area contributed by atoms with Crippen LogP contribution in [0.3, 0.4) is 0 Å². The van der Waals surface area contributed by atoms with Crippen molar-refractivity contribution in [2.75, 3.05) is 10.7 Å². The van der Waals surface area contributed by atoms with Crippen LogP contribution in [0.5, 0.6) is 0 Å². The molecule has 0 unspecified atom stereocenters. The van der Waals surface area contributed by atoms with Crippen molar-refractivity contribution in [2.45, 2.75) is 6.92 Å². The number of amidine groups is 1. The smallest absolute Gasteiger partial charge is 0.245 e. The van der Waals surface area contributed by atoms with E-state index in [0.29, 0.717) is 10.9 Å². The van der Waals surface area contributed by atoms with Gasteiger partial charge >= 0.3 is 0 Å². The zero-order valence-corrected chi connectivity index (χ0v) is 10.7. The molecule has 1 aromatic heterocycles. The zero-order valence-electron chi connectivity index (χ0n) is 9.06. The summed E-state index contributed by atoms with van der Waals surface area (Å²) in [4.78, 5) is 17.5. The van der Waals surface area contributed by atoms with Gasteiger partial charge < -0.3 is 0 Å². The fourth-order valence-corrected chi connectivity index (χ4v) is 3.53. The highest BCUT2D eigenvalue weighted by molar-refractivity contribution is 8.15. The normalized spacial score (nSPS) is 16.2. The van der Waals surface area contributed by atoms with Gasteiger partial charge in [0, 0.05) is 0 Å². The lowest BCUT2D eigenvalue weighted by Crippen LogP contribution is -2.28. The van der Waals surface area contributed by atoms with Gasteiger partial charge in [-0.2, -0.15) is 0 Å². The van der Waals surface area contributed by atoms with Gasteiger partial charge in [-0.3, -0.25) is 10.2 Å². The minimum atomic E-state index is -0.0595. The molecule has 1 amide bonds. The first-order valence-corrected chi connectivity index (χ1v) is 6.87. The predicted molar refractivity (Wildman–Crippen MR) is 72.0 cm³/mol. The molecule has 0 radical (unpaired) electrons. The van der Waals surface area contributed by atoms with Crippen molar-refractivity contribution in [2.24, 2.45) is 0 Å². The number of nitrogens with one attached hydrogen (secondary N) is 1. The Balaban J connectivity index is 2.12. The molecule has 0 atom stereocenters. The van der Waals surface area contributed by atoms with Crippen LogP contribution >= 0.6 is 23.1 Å². The quantitative estimate of drug-likeness (QED) is 0.860. The summed E-state index contributed by atoms with van der Waals surface area (Å²) in [5.74, 6) is 0.282. The fourth-order valence-electron chi connectivity index (χ4n) is 1.68. The first-order chi connectivity index (χ1) is 8.15. The number of carbonyl (C=O) groups excluding carboxylic acids is 1. The van der Waals surface area contributed by atoms with E-state index in [2.05, 4.69) is 4.98 Å². The number of nitrogens with zero attached hydrogens (tertiary/aromatic N) is 2. The summed E-state index contributed by atoms with van der Waals surface area (Å²) in [5, 5.41) is 8.60. The van der Waals surface area contributed by atoms with Crippen molar-refractivity contribution in [3.8, 4) is 0 Å². The van der Waals surface area contributed by atoms with Gasteiger partial charge in [0.1, 0.15) is 0 Å². The highest BCUT2D eigenvalue weighted by atomic mass is 32.2. The molecule has 0 spiro atoms. The lowest BCUT2D eigenvalue weighted by molar-refractivity contribution is -0.115. The highest BCUT2D eigenvalue weighted by Gasteiger charge is 2.30. The summed E-state index contributed by atoms with van der Waals surface area (Å²) >= 11 is 2.70. The second kappa shape index (κ2) is 3.82. The summed E-state index contributed by atoms with van der Waals surface area (Å²) in [6.45, 7) is 2.03. The number of thioether (sulfide) groups is 1. The van der Waals surface area contributed by atoms with Gasteiger partial charge in [0.25, 0.3) is 0 Å². The number of amides is 1. The molecule has 1 aliphatic rings. The SMILES string of the molecule is Cc1ccc2nc(N3C(=N)SCC3=O)sc2c1. The number of hydrogen-bond acceptors (Lipinski definition) is 5. The molecule has 2 heterocycles. The number of fused-ring (bicyclic) bond motifs is 1. The Bertz CT molecular complexity index is 619. The standard InChI is InChI=1S/C11H9N3OS2/c1-6-2-3-7-8(4-6)17-11(13-7)14-9(15)5-16-10(14)12/h2-4,12H,5H2,1H3. The Hall–Kier alpha value is -1.40. The van der Waals surface area contributed by atoms with Gasteiger partial charge in [0.05, 0.1) is 16.0 Å². The number of hydrogen-bond donors (Lipinski definition) is 1. The Morgan fingerprint density at radius 3 is 3.00 bits per heavy atom. The van der Waals surface area contributed by atoms with Crippen LogP contribution in [-0.4, -0.2) is 21.8 Å². The molecular formula is C11H9N3OS2. The Morgan fingerprint density at radius 1 is 1.47 bits per heavy atom. The van der Waals surface area contributed by atoms with E-state index in [0.717, 1.165) is 10.2 Å². The zero-order chi connectivity index (χ0) is 12.0. The van der Waals surface area contributed by atoms with E-state index >= 15 is 0 Å². The lowest BCUT2D eigenvalue weighted by Gasteiger charge is -2.09. The maximum atomic E-state index is 11.7. The van der Waals surface area contributed by atoms with E-state index < -0.39 is 0 Å². The van der Waals surface area contributed by atoms with Crippen molar-refractivity contribution in [3.63, 3.8) is 0 Å². The van der Waals surface area contributed by atoms with E-state index in [9.17, 15) is 4.79 Å². The average molecular weight is 263 g/mol. The van der Waals surface area contributed by atoms with Crippen LogP contribution < -0.4 is 4.90 Å². The minimum absolute atomic E-state index is 0.0595. The maximum Gasteiger partial charge on any atom is 0.245 e. The summed E-state index contributed by atoms with van der Waals surface area (Å²) in [7, 11) is 0. The number of thiazole rings is 1. The molecule has 4 nitrogen and oxygen atoms in total. The highest BCUT2D eigenvalue weighted by Crippen LogP contribution is 2.33. The molecule has 1 aliphatic heterocycles. The molecule has 86 valence electrons. The minimum Gasteiger partial charge on any atom is -0.278 e. The Morgan fingerprint density at radius 2 is 2.29 bits per heavy atom. The van der Waals surface area contributed by atoms with Gasteiger partial charge in [0.15, 0.2) is 10.3 Å². The Labute approximate surface area is 106 Å². The number of rotatable bonds is 1. The number of aryl methyl sites for hydroxylation is 1. The van der Waals surface area contributed by atoms with E-state index in [1.807, 2.05) is 25.1 Å². The Kier molecular flexibility index (Phi) is 2.41. The molecule has 6 heteroatoms. The van der Waals surface area contributed by atoms with Gasteiger partial charge in [0.2, 0.25) is 5.91 Å². The number of benzene rings is 1. The fraction of sp³-hybridized carbons (Fsp3) is 0.182. The second-order valence-corrected chi connectivity index (χ2v) is 5.76. The molecule has 0 bridgehead atoms. The van der Waals surface area contributed by atoms with Gasteiger partial charge in [-0.15, -0.1) is 0 Å². The van der Waals surface area contributed by atoms with Crippen LogP contribution in [0.25, 0.3) is 10.2 Å². The molecule has 3 rings (SSSR count). The second-order valence-electron chi connectivity index (χ2n) is 3.79. The maximum absolute atomic E-state index is 11.7. The van der Waals surface area contributed by atoms with Crippen molar-refractivity contribution in [1.29, 1.82) is 5.41 Å². The molecule has 2 aromatic rings. The molecule has 1 saturated heterocycles. The van der Waals surface area contributed by atoms with E-state index in [1.54, 1.807) is 0 Å². The predicted octanol–water partition coefficient (Wildman–Crippen LogP) is 2.62. The number of carbonyl (C=O) groups is 1. The third-order valence-corrected chi connectivity index (χ3v) is 4.36. The van der Waals surface area contributed by atoms with Crippen molar-refractivity contribution >= 4 is 49.5 Å². The van der Waals surface area contributed by atoms with Crippen molar-refractivity contribution in [1.82, 2.24) is 4.98 Å². The molecule has 1 fully saturated rings. The molecular weight excluding hydrogens is 254 g/mol. The van der Waals surface area contributed by atoms with E-state index in [1.165, 1.54) is 33.6 Å². The summed E-state index contributed by atoms with van der Waals surface area (Å²) < 4.78 is 1.05. The summed E-state index contributed by atoms with van der Waals surface area (Å²) in [5.41, 5.74) is 2.05. The first kappa shape index (κ1) is 10.7. The monoisotopic (exact) mass is 263 g/mol. The van der Waals surface area contributed by atoms with Crippen molar-refractivity contribution < 1.29 is 4.79 Å². The summed E-state index contributed by atoms with van der Waals surface area (Å²) in [6.07, 6.45) is 0. The van der Waals surface area contributed by atoms with Gasteiger partial charge in [-0.25, -0.2) is 9.88 Å². The lowest BCUT2D eigenvalue weighted by atomic mass is 10.2. The molecule has 0 saturated carbocycles. The van der Waals surface area contributed by atoms with Crippen LogP contribution in [-0.2, 0) is 4.79 Å². The number of anilines is 1. The van der Waals surface area contributed by atoms with E-state index in [4.69, 9.17) is 5.41 Å². The average Bonchev–Trinajstić information content (AvgIpc) is 2.81. The molecule has 17 heavy (non-hydrogen) atoms. The molecule has 0 aliphatic carbocycles. The van der Waals surface area contributed by atoms with Crippen LogP contribution in [0.2, 0.25) is 0 Å². The van der Waals surface area contributed by atoms with Crippen LogP contribution in [0, 0.1) is 12.3 Å². The van der Waals surface area contributed by atoms with Crippen LogP contribution in [0.4, 0.5) is 5.13 Å². The third kappa shape index (κ3) is 1.73. The third-order valence-electron chi connectivity index (χ3n) is 2.51. The molecule has 1 N–H and O–H groups in total. The topological polar surface area (TPSA) is 57.1 Å².